The van der Waals surface area contributed by atoms with Gasteiger partial charge in [0.05, 0.1) is 11.2 Å². The molecule has 0 unspecified atom stereocenters. The summed E-state index contributed by atoms with van der Waals surface area (Å²) in [6.45, 7) is 1.81. The molecule has 1 heterocycles. The zero-order valence-electron chi connectivity index (χ0n) is 11.1. The topological polar surface area (TPSA) is 79.7 Å². The Kier molecular flexibility index (Phi) is 4.45. The van der Waals surface area contributed by atoms with Crippen molar-refractivity contribution in [3.8, 4) is 17.4 Å². The first-order valence-corrected chi connectivity index (χ1v) is 6.37. The molecule has 0 aliphatic heterocycles. The van der Waals surface area contributed by atoms with Crippen LogP contribution < -0.4 is 4.74 Å². The average Bonchev–Trinajstić information content (AvgIpc) is 2.43. The van der Waals surface area contributed by atoms with E-state index in [-0.39, 0.29) is 5.75 Å². The van der Waals surface area contributed by atoms with E-state index < -0.39 is 5.97 Å². The van der Waals surface area contributed by atoms with Gasteiger partial charge < -0.3 is 14.9 Å². The van der Waals surface area contributed by atoms with E-state index >= 15 is 0 Å². The number of aromatic nitrogens is 1. The molecular formula is C15H12ClNO4. The number of hydrogen-bond acceptors (Lipinski definition) is 4. The summed E-state index contributed by atoms with van der Waals surface area (Å²) in [6, 6.07) is 6.30. The Hall–Kier alpha value is -2.53. The van der Waals surface area contributed by atoms with E-state index in [4.69, 9.17) is 26.6 Å². The van der Waals surface area contributed by atoms with Crippen molar-refractivity contribution in [3.63, 3.8) is 0 Å². The Bertz CT molecular complexity index is 696. The zero-order valence-corrected chi connectivity index (χ0v) is 11.8. The molecule has 0 aliphatic carbocycles. The van der Waals surface area contributed by atoms with Crippen molar-refractivity contribution in [1.82, 2.24) is 4.98 Å². The highest BCUT2D eigenvalue weighted by Gasteiger charge is 2.07. The zero-order chi connectivity index (χ0) is 15.4. The maximum absolute atomic E-state index is 10.5. The second kappa shape index (κ2) is 6.28. The van der Waals surface area contributed by atoms with E-state index in [2.05, 4.69) is 4.98 Å². The third-order valence-corrected chi connectivity index (χ3v) is 2.96. The molecule has 108 valence electrons. The maximum atomic E-state index is 10.5. The van der Waals surface area contributed by atoms with Gasteiger partial charge in [0.2, 0.25) is 5.88 Å². The van der Waals surface area contributed by atoms with Crippen LogP contribution in [0.15, 0.2) is 36.5 Å². The summed E-state index contributed by atoms with van der Waals surface area (Å²) in [4.78, 5) is 14.4. The monoisotopic (exact) mass is 305 g/mol. The van der Waals surface area contributed by atoms with Crippen LogP contribution >= 0.6 is 11.6 Å². The van der Waals surface area contributed by atoms with Crippen molar-refractivity contribution in [2.75, 3.05) is 0 Å². The molecule has 5 nitrogen and oxygen atoms in total. The Morgan fingerprint density at radius 3 is 2.76 bits per heavy atom. The molecule has 21 heavy (non-hydrogen) atoms. The van der Waals surface area contributed by atoms with Gasteiger partial charge in [0.1, 0.15) is 11.5 Å². The predicted molar refractivity (Wildman–Crippen MR) is 78.8 cm³/mol. The summed E-state index contributed by atoms with van der Waals surface area (Å²) in [7, 11) is 0. The molecule has 0 amide bonds. The van der Waals surface area contributed by atoms with Gasteiger partial charge in [-0.25, -0.2) is 9.78 Å². The summed E-state index contributed by atoms with van der Waals surface area (Å²) in [5, 5.41) is 18.2. The van der Waals surface area contributed by atoms with Gasteiger partial charge in [-0.1, -0.05) is 11.6 Å². The number of hydrogen-bond donors (Lipinski definition) is 2. The molecule has 0 bridgehead atoms. The lowest BCUT2D eigenvalue weighted by Gasteiger charge is -2.10. The third kappa shape index (κ3) is 3.97. The van der Waals surface area contributed by atoms with Crippen molar-refractivity contribution in [2.24, 2.45) is 0 Å². The fourth-order valence-corrected chi connectivity index (χ4v) is 1.85. The Morgan fingerprint density at radius 2 is 2.14 bits per heavy atom. The quantitative estimate of drug-likeness (QED) is 0.843. The van der Waals surface area contributed by atoms with Gasteiger partial charge in [0.25, 0.3) is 0 Å². The summed E-state index contributed by atoms with van der Waals surface area (Å²) >= 11 is 6.09. The standard InChI is InChI=1S/C15H12ClNO4/c1-9-6-10(2-5-15(19)20)12(16)7-13(9)21-14-4-3-11(18)8-17-14/h2-8,18H,1H3,(H,19,20). The fraction of sp³-hybridized carbons (Fsp3) is 0.0667. The van der Waals surface area contributed by atoms with Gasteiger partial charge in [0, 0.05) is 18.2 Å². The van der Waals surface area contributed by atoms with Gasteiger partial charge in [-0.15, -0.1) is 0 Å². The van der Waals surface area contributed by atoms with Crippen LogP contribution in [-0.4, -0.2) is 21.2 Å². The number of pyridine rings is 1. The van der Waals surface area contributed by atoms with Crippen LogP contribution in [0.1, 0.15) is 11.1 Å². The van der Waals surface area contributed by atoms with Crippen molar-refractivity contribution >= 4 is 23.6 Å². The summed E-state index contributed by atoms with van der Waals surface area (Å²) < 4.78 is 5.58. The summed E-state index contributed by atoms with van der Waals surface area (Å²) in [5.41, 5.74) is 1.36. The van der Waals surface area contributed by atoms with E-state index in [1.54, 1.807) is 12.1 Å². The van der Waals surface area contributed by atoms with E-state index in [1.807, 2.05) is 6.92 Å². The molecule has 0 aliphatic rings. The second-order valence-electron chi connectivity index (χ2n) is 4.27. The molecule has 0 radical (unpaired) electrons. The Labute approximate surface area is 126 Å². The van der Waals surface area contributed by atoms with Crippen LogP contribution in [-0.2, 0) is 4.79 Å². The van der Waals surface area contributed by atoms with Crippen LogP contribution in [0.2, 0.25) is 5.02 Å². The number of aliphatic carboxylic acids is 1. The second-order valence-corrected chi connectivity index (χ2v) is 4.67. The van der Waals surface area contributed by atoms with Crippen molar-refractivity contribution in [1.29, 1.82) is 0 Å². The largest absolute Gasteiger partial charge is 0.506 e. The smallest absolute Gasteiger partial charge is 0.328 e. The number of nitrogens with zero attached hydrogens (tertiary/aromatic N) is 1. The third-order valence-electron chi connectivity index (χ3n) is 2.63. The minimum Gasteiger partial charge on any atom is -0.506 e. The van der Waals surface area contributed by atoms with Gasteiger partial charge in [-0.3, -0.25) is 0 Å². The van der Waals surface area contributed by atoms with Crippen molar-refractivity contribution < 1.29 is 19.7 Å². The number of aryl methyl sites for hydroxylation is 1. The first-order valence-electron chi connectivity index (χ1n) is 6.00. The number of halogens is 1. The number of aromatic hydroxyl groups is 1. The van der Waals surface area contributed by atoms with Crippen LogP contribution in [0, 0.1) is 6.92 Å². The Morgan fingerprint density at radius 1 is 1.38 bits per heavy atom. The first kappa shape index (κ1) is 14.9. The van der Waals surface area contributed by atoms with E-state index in [0.29, 0.717) is 22.2 Å². The number of ether oxygens (including phenoxy) is 1. The molecule has 2 aromatic rings. The van der Waals surface area contributed by atoms with Gasteiger partial charge in [-0.2, -0.15) is 0 Å². The number of carboxylic acids is 1. The van der Waals surface area contributed by atoms with Gasteiger partial charge >= 0.3 is 5.97 Å². The predicted octanol–water partition coefficient (Wildman–Crippen LogP) is 3.64. The Balaban J connectivity index is 2.27. The minimum absolute atomic E-state index is 0.0475. The maximum Gasteiger partial charge on any atom is 0.328 e. The lowest BCUT2D eigenvalue weighted by atomic mass is 10.1. The van der Waals surface area contributed by atoms with Crippen molar-refractivity contribution in [2.45, 2.75) is 6.92 Å². The number of rotatable bonds is 4. The molecule has 0 saturated carbocycles. The molecule has 2 rings (SSSR count). The van der Waals surface area contributed by atoms with E-state index in [0.717, 1.165) is 11.6 Å². The number of carboxylic acid groups (broad SMARTS) is 1. The van der Waals surface area contributed by atoms with Crippen LogP contribution in [0.4, 0.5) is 0 Å². The van der Waals surface area contributed by atoms with Crippen LogP contribution in [0.3, 0.4) is 0 Å². The average molecular weight is 306 g/mol. The molecule has 0 atom stereocenters. The minimum atomic E-state index is -1.04. The molecule has 0 spiro atoms. The normalized spacial score (nSPS) is 10.8. The molecule has 0 saturated heterocycles. The molecule has 1 aromatic carbocycles. The lowest BCUT2D eigenvalue weighted by Crippen LogP contribution is -1.92. The summed E-state index contributed by atoms with van der Waals surface area (Å²) in [6.07, 6.45) is 3.71. The van der Waals surface area contributed by atoms with E-state index in [9.17, 15) is 4.79 Å². The highest BCUT2D eigenvalue weighted by Crippen LogP contribution is 2.30. The number of carbonyl (C=O) groups is 1. The van der Waals surface area contributed by atoms with E-state index in [1.165, 1.54) is 24.4 Å². The SMILES string of the molecule is Cc1cc(C=CC(=O)O)c(Cl)cc1Oc1ccc(O)cn1. The molecular weight excluding hydrogens is 294 g/mol. The van der Waals surface area contributed by atoms with Crippen molar-refractivity contribution in [3.05, 3.63) is 52.7 Å². The van der Waals surface area contributed by atoms with Gasteiger partial charge in [0.15, 0.2) is 0 Å². The highest BCUT2D eigenvalue weighted by atomic mass is 35.5. The van der Waals surface area contributed by atoms with Gasteiger partial charge in [-0.05, 0) is 36.3 Å². The molecule has 1 aromatic heterocycles. The molecule has 0 fully saturated rings. The first-order chi connectivity index (χ1) is 9.95. The molecule has 2 N–H and O–H groups in total. The lowest BCUT2D eigenvalue weighted by molar-refractivity contribution is -0.131. The van der Waals surface area contributed by atoms with Crippen LogP contribution in [0.25, 0.3) is 6.08 Å². The van der Waals surface area contributed by atoms with Crippen LogP contribution in [0.5, 0.6) is 17.4 Å². The fourth-order valence-electron chi connectivity index (χ4n) is 1.63. The number of benzene rings is 1. The molecule has 6 heteroatoms. The highest BCUT2D eigenvalue weighted by molar-refractivity contribution is 6.32. The summed E-state index contributed by atoms with van der Waals surface area (Å²) in [5.74, 6) is -0.171.